The highest BCUT2D eigenvalue weighted by Crippen LogP contribution is 2.24. The van der Waals surface area contributed by atoms with Gasteiger partial charge < -0.3 is 4.57 Å². The lowest BCUT2D eigenvalue weighted by Crippen LogP contribution is -1.93. The van der Waals surface area contributed by atoms with Crippen molar-refractivity contribution in [2.75, 3.05) is 5.75 Å². The normalized spacial score (nSPS) is 11.1. The van der Waals surface area contributed by atoms with Gasteiger partial charge in [-0.1, -0.05) is 6.07 Å². The van der Waals surface area contributed by atoms with Gasteiger partial charge in [-0.05, 0) is 42.0 Å². The van der Waals surface area contributed by atoms with E-state index in [0.29, 0.717) is 0 Å². The molecule has 0 N–H and O–H groups in total. The van der Waals surface area contributed by atoms with Crippen LogP contribution in [0.5, 0.6) is 0 Å². The molecule has 1 aromatic carbocycles. The number of pyridine rings is 1. The van der Waals surface area contributed by atoms with Crippen LogP contribution < -0.4 is 0 Å². The Kier molecular flexibility index (Phi) is 3.25. The highest BCUT2D eigenvalue weighted by molar-refractivity contribution is 7.80. The van der Waals surface area contributed by atoms with Crippen LogP contribution in [-0.4, -0.2) is 20.3 Å². The van der Waals surface area contributed by atoms with E-state index in [-0.39, 0.29) is 0 Å². The average Bonchev–Trinajstić information content (AvgIpc) is 2.78. The summed E-state index contributed by atoms with van der Waals surface area (Å²) < 4.78 is 2.13. The van der Waals surface area contributed by atoms with E-state index in [1.807, 2.05) is 12.1 Å². The second-order valence-corrected chi connectivity index (χ2v) is 4.97. The molecular formula is C15H15N3S. The molecule has 0 saturated carbocycles. The van der Waals surface area contributed by atoms with Crippen molar-refractivity contribution < 1.29 is 0 Å². The first kappa shape index (κ1) is 12.2. The van der Waals surface area contributed by atoms with Gasteiger partial charge in [0.2, 0.25) is 0 Å². The molecule has 0 bridgehead atoms. The maximum atomic E-state index is 4.70. The summed E-state index contributed by atoms with van der Waals surface area (Å²) in [5.74, 6) is 1.83. The number of fused-ring (bicyclic) bond motifs is 1. The Morgan fingerprint density at radius 1 is 1.16 bits per heavy atom. The zero-order valence-electron chi connectivity index (χ0n) is 10.7. The Labute approximate surface area is 117 Å². The minimum Gasteiger partial charge on any atom is -0.327 e. The Morgan fingerprint density at radius 2 is 1.95 bits per heavy atom. The summed E-state index contributed by atoms with van der Waals surface area (Å²) in [4.78, 5) is 8.75. The molecule has 96 valence electrons. The largest absolute Gasteiger partial charge is 0.327 e. The Hall–Kier alpha value is -1.81. The van der Waals surface area contributed by atoms with Crippen molar-refractivity contribution in [3.63, 3.8) is 0 Å². The maximum absolute atomic E-state index is 4.70. The predicted octanol–water partition coefficient (Wildman–Crippen LogP) is 3.11. The molecule has 0 spiro atoms. The fourth-order valence-corrected chi connectivity index (χ4v) is 2.54. The van der Waals surface area contributed by atoms with Gasteiger partial charge in [-0.3, -0.25) is 4.98 Å². The van der Waals surface area contributed by atoms with E-state index in [0.717, 1.165) is 34.6 Å². The van der Waals surface area contributed by atoms with Gasteiger partial charge in [0.05, 0.1) is 11.0 Å². The summed E-state index contributed by atoms with van der Waals surface area (Å²) in [5.41, 5.74) is 4.57. The minimum atomic E-state index is 0.862. The number of rotatable bonds is 3. The van der Waals surface area contributed by atoms with Crippen LogP contribution in [0.15, 0.2) is 42.7 Å². The Morgan fingerprint density at radius 3 is 2.68 bits per heavy atom. The van der Waals surface area contributed by atoms with Crippen LogP contribution in [-0.2, 0) is 13.5 Å². The quantitative estimate of drug-likeness (QED) is 0.741. The Bertz CT molecular complexity index is 704. The molecule has 0 aliphatic heterocycles. The molecule has 0 saturated heterocycles. The van der Waals surface area contributed by atoms with E-state index in [1.54, 1.807) is 12.4 Å². The van der Waals surface area contributed by atoms with Crippen LogP contribution in [0, 0.1) is 0 Å². The third kappa shape index (κ3) is 2.24. The van der Waals surface area contributed by atoms with E-state index in [2.05, 4.69) is 47.4 Å². The van der Waals surface area contributed by atoms with Crippen molar-refractivity contribution in [1.29, 1.82) is 0 Å². The number of hydrogen-bond acceptors (Lipinski definition) is 3. The lowest BCUT2D eigenvalue weighted by molar-refractivity contribution is 0.957. The van der Waals surface area contributed by atoms with E-state index < -0.39 is 0 Å². The molecule has 0 unspecified atom stereocenters. The number of aromatic nitrogens is 3. The molecule has 0 amide bonds. The van der Waals surface area contributed by atoms with Gasteiger partial charge in [-0.15, -0.1) is 0 Å². The molecule has 4 heteroatoms. The molecule has 0 radical (unpaired) electrons. The molecule has 0 atom stereocenters. The topological polar surface area (TPSA) is 30.7 Å². The number of imidazole rings is 1. The molecule has 3 aromatic rings. The number of nitrogens with zero attached hydrogens (tertiary/aromatic N) is 3. The number of hydrogen-bond donors (Lipinski definition) is 1. The van der Waals surface area contributed by atoms with E-state index >= 15 is 0 Å². The molecule has 0 aliphatic rings. The lowest BCUT2D eigenvalue weighted by atomic mass is 10.1. The molecule has 3 nitrogen and oxygen atoms in total. The second-order valence-electron chi connectivity index (χ2n) is 4.53. The third-order valence-corrected chi connectivity index (χ3v) is 3.51. The lowest BCUT2D eigenvalue weighted by Gasteiger charge is -2.02. The predicted molar refractivity (Wildman–Crippen MR) is 81.5 cm³/mol. The van der Waals surface area contributed by atoms with Gasteiger partial charge in [0, 0.05) is 25.0 Å². The summed E-state index contributed by atoms with van der Waals surface area (Å²) >= 11 is 4.29. The van der Waals surface area contributed by atoms with Crippen molar-refractivity contribution in [3.8, 4) is 11.4 Å². The summed E-state index contributed by atoms with van der Waals surface area (Å²) in [6, 6.07) is 10.4. The van der Waals surface area contributed by atoms with Gasteiger partial charge in [-0.2, -0.15) is 12.6 Å². The molecule has 2 heterocycles. The first-order valence-electron chi connectivity index (χ1n) is 6.26. The number of thiol groups is 1. The third-order valence-electron chi connectivity index (χ3n) is 3.28. The van der Waals surface area contributed by atoms with Crippen LogP contribution in [0.25, 0.3) is 22.4 Å². The van der Waals surface area contributed by atoms with Crippen LogP contribution in [0.3, 0.4) is 0 Å². The zero-order valence-corrected chi connectivity index (χ0v) is 11.6. The van der Waals surface area contributed by atoms with Gasteiger partial charge >= 0.3 is 0 Å². The van der Waals surface area contributed by atoms with E-state index in [1.165, 1.54) is 5.56 Å². The van der Waals surface area contributed by atoms with Crippen molar-refractivity contribution in [2.24, 2.45) is 7.05 Å². The van der Waals surface area contributed by atoms with Crippen LogP contribution in [0.2, 0.25) is 0 Å². The summed E-state index contributed by atoms with van der Waals surface area (Å²) in [6.07, 6.45) is 4.57. The SMILES string of the molecule is Cn1c(-c2ccncc2)nc2ccc(CCS)cc21. The van der Waals surface area contributed by atoms with Crippen LogP contribution in [0.4, 0.5) is 0 Å². The summed E-state index contributed by atoms with van der Waals surface area (Å²) in [5, 5.41) is 0. The van der Waals surface area contributed by atoms with Crippen molar-refractivity contribution in [1.82, 2.24) is 14.5 Å². The molecule has 0 aliphatic carbocycles. The maximum Gasteiger partial charge on any atom is 0.140 e. The highest BCUT2D eigenvalue weighted by Gasteiger charge is 2.09. The zero-order chi connectivity index (χ0) is 13.2. The summed E-state index contributed by atoms with van der Waals surface area (Å²) in [6.45, 7) is 0. The van der Waals surface area contributed by atoms with Crippen molar-refractivity contribution in [2.45, 2.75) is 6.42 Å². The van der Waals surface area contributed by atoms with Gasteiger partial charge in [-0.25, -0.2) is 4.98 Å². The van der Waals surface area contributed by atoms with E-state index in [9.17, 15) is 0 Å². The van der Waals surface area contributed by atoms with Crippen LogP contribution in [0.1, 0.15) is 5.56 Å². The molecule has 3 rings (SSSR count). The second kappa shape index (κ2) is 5.05. The molecule has 0 fully saturated rings. The fourth-order valence-electron chi connectivity index (χ4n) is 2.28. The van der Waals surface area contributed by atoms with Crippen molar-refractivity contribution >= 4 is 23.7 Å². The van der Waals surface area contributed by atoms with Gasteiger partial charge in [0.1, 0.15) is 5.82 Å². The summed E-state index contributed by atoms with van der Waals surface area (Å²) in [7, 11) is 2.05. The fraction of sp³-hybridized carbons (Fsp3) is 0.200. The van der Waals surface area contributed by atoms with E-state index in [4.69, 9.17) is 4.98 Å². The molecule has 2 aromatic heterocycles. The number of aryl methyl sites for hydroxylation is 2. The monoisotopic (exact) mass is 269 g/mol. The smallest absolute Gasteiger partial charge is 0.140 e. The minimum absolute atomic E-state index is 0.862. The highest BCUT2D eigenvalue weighted by atomic mass is 32.1. The van der Waals surface area contributed by atoms with Gasteiger partial charge in [0.15, 0.2) is 0 Å². The van der Waals surface area contributed by atoms with Crippen molar-refractivity contribution in [3.05, 3.63) is 48.3 Å². The first-order chi connectivity index (χ1) is 9.29. The molecular weight excluding hydrogens is 254 g/mol. The molecule has 19 heavy (non-hydrogen) atoms. The van der Waals surface area contributed by atoms with Gasteiger partial charge in [0.25, 0.3) is 0 Å². The number of benzene rings is 1. The Balaban J connectivity index is 2.15. The standard InChI is InChI=1S/C15H15N3S/c1-18-14-10-11(6-9-19)2-3-13(14)17-15(18)12-4-7-16-8-5-12/h2-5,7-8,10,19H,6,9H2,1H3. The first-order valence-corrected chi connectivity index (χ1v) is 6.89. The average molecular weight is 269 g/mol. The van der Waals surface area contributed by atoms with Crippen LogP contribution >= 0.6 is 12.6 Å².